The van der Waals surface area contributed by atoms with E-state index in [9.17, 15) is 13.5 Å². The topological polar surface area (TPSA) is 95.2 Å². The van der Waals surface area contributed by atoms with Crippen molar-refractivity contribution in [3.8, 4) is 22.6 Å². The number of rotatable bonds is 20. The highest BCUT2D eigenvalue weighted by Gasteiger charge is 2.25. The van der Waals surface area contributed by atoms with Crippen LogP contribution < -0.4 is 8.92 Å². The molecule has 0 radical (unpaired) electrons. The largest absolute Gasteiger partial charge is 0.494 e. The molecular weight excluding hydrogens is 669 g/mol. The molecule has 0 saturated carbocycles. The number of unbranched alkanes of at least 4 members (excludes halogenated alkanes) is 5. The van der Waals surface area contributed by atoms with E-state index < -0.39 is 16.2 Å². The third kappa shape index (κ3) is 10.5. The van der Waals surface area contributed by atoms with Crippen LogP contribution >= 0.6 is 11.8 Å². The van der Waals surface area contributed by atoms with Gasteiger partial charge in [-0.25, -0.2) is 0 Å². The van der Waals surface area contributed by atoms with Crippen LogP contribution in [0.15, 0.2) is 128 Å². The third-order valence-corrected chi connectivity index (χ3v) is 10.6. The van der Waals surface area contributed by atoms with Gasteiger partial charge in [0.25, 0.3) is 0 Å². The molecule has 5 aromatic rings. The predicted molar refractivity (Wildman–Crippen MR) is 198 cm³/mol. The fourth-order valence-electron chi connectivity index (χ4n) is 5.42. The summed E-state index contributed by atoms with van der Waals surface area (Å²) < 4.78 is 51.0. The minimum Gasteiger partial charge on any atom is -0.494 e. The molecule has 9 heteroatoms. The molecule has 0 bridgehead atoms. The molecule has 0 aliphatic heterocycles. The Kier molecular flexibility index (Phi) is 14.0. The zero-order valence-corrected chi connectivity index (χ0v) is 30.4. The zero-order valence-electron chi connectivity index (χ0n) is 28.8. The number of aliphatic hydroxyl groups excluding tert-OH is 1. The van der Waals surface area contributed by atoms with Crippen molar-refractivity contribution in [3.63, 3.8) is 0 Å². The molecule has 0 aliphatic carbocycles. The Hall–Kier alpha value is -4.02. The van der Waals surface area contributed by atoms with Gasteiger partial charge in [0, 0.05) is 16.4 Å². The van der Waals surface area contributed by atoms with Crippen LogP contribution in [0.5, 0.6) is 11.5 Å². The lowest BCUT2D eigenvalue weighted by Gasteiger charge is -2.17. The minimum absolute atomic E-state index is 0.0172. The van der Waals surface area contributed by atoms with Crippen molar-refractivity contribution in [1.82, 2.24) is 0 Å². The van der Waals surface area contributed by atoms with Crippen molar-refractivity contribution in [1.29, 1.82) is 0 Å². The molecule has 0 spiro atoms. The van der Waals surface area contributed by atoms with E-state index in [2.05, 4.69) is 13.8 Å². The van der Waals surface area contributed by atoms with Crippen molar-refractivity contribution in [2.75, 3.05) is 13.2 Å². The Balaban J connectivity index is 1.40. The summed E-state index contributed by atoms with van der Waals surface area (Å²) in [5, 5.41) is 11.5. The van der Waals surface area contributed by atoms with E-state index in [0.717, 1.165) is 36.3 Å². The summed E-state index contributed by atoms with van der Waals surface area (Å²) in [7, 11) is -4.26. The van der Waals surface area contributed by atoms with Crippen molar-refractivity contribution in [2.24, 2.45) is 0 Å². The van der Waals surface area contributed by atoms with Crippen LogP contribution in [0.3, 0.4) is 0 Å². The first kappa shape index (κ1) is 37.2. The summed E-state index contributed by atoms with van der Waals surface area (Å²) >= 11 is 1.32. The van der Waals surface area contributed by atoms with Crippen LogP contribution in [0.2, 0.25) is 0 Å². The van der Waals surface area contributed by atoms with E-state index in [1.165, 1.54) is 31.0 Å². The van der Waals surface area contributed by atoms with Crippen molar-refractivity contribution in [2.45, 2.75) is 86.2 Å². The molecule has 0 saturated heterocycles. The van der Waals surface area contributed by atoms with Gasteiger partial charge in [0.2, 0.25) is 0 Å². The number of ether oxygens (including phenoxy) is 2. The summed E-state index contributed by atoms with van der Waals surface area (Å²) in [4.78, 5) is 1.37. The van der Waals surface area contributed by atoms with Gasteiger partial charge in [0.05, 0.1) is 6.61 Å². The van der Waals surface area contributed by atoms with Crippen molar-refractivity contribution < 1.29 is 31.6 Å². The van der Waals surface area contributed by atoms with Crippen LogP contribution in [0.25, 0.3) is 11.1 Å². The lowest BCUT2D eigenvalue weighted by molar-refractivity contribution is 0.0978. The van der Waals surface area contributed by atoms with Crippen LogP contribution in [-0.4, -0.2) is 26.7 Å². The Morgan fingerprint density at radius 2 is 1.48 bits per heavy atom. The maximum Gasteiger partial charge on any atom is 0.340 e. The Labute approximate surface area is 300 Å². The van der Waals surface area contributed by atoms with Gasteiger partial charge in [-0.05, 0) is 90.2 Å². The van der Waals surface area contributed by atoms with Gasteiger partial charge in [0.1, 0.15) is 40.6 Å². The minimum atomic E-state index is -4.26. The van der Waals surface area contributed by atoms with E-state index in [0.29, 0.717) is 52.9 Å². The highest BCUT2D eigenvalue weighted by Crippen LogP contribution is 2.39. The summed E-state index contributed by atoms with van der Waals surface area (Å²) in [5.41, 5.74) is 1.86. The highest BCUT2D eigenvalue weighted by molar-refractivity contribution is 8.00. The van der Waals surface area contributed by atoms with Gasteiger partial charge in [-0.1, -0.05) is 106 Å². The molecule has 1 unspecified atom stereocenters. The lowest BCUT2D eigenvalue weighted by Crippen LogP contribution is -2.11. The van der Waals surface area contributed by atoms with E-state index in [1.54, 1.807) is 48.5 Å². The fraction of sp³-hybridized carbons (Fsp3) is 0.317. The number of hydrogen-bond donors (Lipinski definition) is 1. The Bertz CT molecular complexity index is 1870. The number of furan rings is 1. The third-order valence-electron chi connectivity index (χ3n) is 8.14. The highest BCUT2D eigenvalue weighted by atomic mass is 32.2. The first-order valence-electron chi connectivity index (χ1n) is 17.4. The lowest BCUT2D eigenvalue weighted by atomic mass is 9.95. The normalized spacial score (nSPS) is 12.1. The SMILES string of the molecule is CCCCCCCOCc1ccc(C(O)c2ccccc2-c2ccc(Sc3ccc(OCCCC)cc3)c(S(=O)(=O)Oc3ccccc3)c2)o1. The first-order valence-corrected chi connectivity index (χ1v) is 19.6. The molecule has 1 atom stereocenters. The molecule has 264 valence electrons. The molecule has 4 aromatic carbocycles. The molecule has 0 fully saturated rings. The monoisotopic (exact) mass is 714 g/mol. The van der Waals surface area contributed by atoms with Crippen LogP contribution in [0, 0.1) is 0 Å². The maximum absolute atomic E-state index is 13.9. The van der Waals surface area contributed by atoms with Gasteiger partial charge >= 0.3 is 10.1 Å². The molecule has 1 aromatic heterocycles. The van der Waals surface area contributed by atoms with E-state index >= 15 is 0 Å². The molecule has 50 heavy (non-hydrogen) atoms. The molecule has 5 rings (SSSR count). The molecule has 1 heterocycles. The van der Waals surface area contributed by atoms with E-state index in [1.807, 2.05) is 60.7 Å². The number of hydrogen-bond acceptors (Lipinski definition) is 8. The molecule has 0 aliphatic rings. The van der Waals surface area contributed by atoms with Gasteiger partial charge in [0.15, 0.2) is 0 Å². The van der Waals surface area contributed by atoms with Gasteiger partial charge in [-0.3, -0.25) is 0 Å². The molecule has 1 N–H and O–H groups in total. The second-order valence-corrected chi connectivity index (χ2v) is 14.7. The number of aliphatic hydroxyl groups is 1. The standard InChI is InChI=1S/C41H46O7S2/c1-3-5-7-8-14-27-45-30-34-22-25-38(47-34)41(42)37-18-13-12-17-36(37)31-19-26-39(49-35-23-20-32(21-24-35)46-28-6-4-2)40(29-31)50(43,44)48-33-15-10-9-11-16-33/h9-13,15-26,29,41-42H,3-8,14,27-28,30H2,1-2H3. The van der Waals surface area contributed by atoms with Crippen molar-refractivity contribution >= 4 is 21.9 Å². The second-order valence-electron chi connectivity index (χ2n) is 12.0. The fourth-order valence-corrected chi connectivity index (χ4v) is 7.71. The Morgan fingerprint density at radius 1 is 0.740 bits per heavy atom. The maximum atomic E-state index is 13.9. The number of benzene rings is 4. The van der Waals surface area contributed by atoms with Gasteiger partial charge in [-0.2, -0.15) is 8.42 Å². The van der Waals surface area contributed by atoms with Gasteiger partial charge < -0.3 is 23.2 Å². The average molecular weight is 715 g/mol. The smallest absolute Gasteiger partial charge is 0.340 e. The van der Waals surface area contributed by atoms with Crippen LogP contribution in [-0.2, 0) is 21.5 Å². The van der Waals surface area contributed by atoms with Crippen molar-refractivity contribution in [3.05, 3.63) is 126 Å². The second kappa shape index (κ2) is 18.8. The molecule has 7 nitrogen and oxygen atoms in total. The summed E-state index contributed by atoms with van der Waals surface area (Å²) in [6, 6.07) is 32.2. The van der Waals surface area contributed by atoms with E-state index in [-0.39, 0.29) is 10.6 Å². The first-order chi connectivity index (χ1) is 24.4. The predicted octanol–water partition coefficient (Wildman–Crippen LogP) is 10.6. The quantitative estimate of drug-likeness (QED) is 0.0629. The molecular formula is C41H46O7S2. The number of para-hydroxylation sites is 1. The van der Waals surface area contributed by atoms with Crippen LogP contribution in [0.1, 0.15) is 82.0 Å². The Morgan fingerprint density at radius 3 is 2.26 bits per heavy atom. The summed E-state index contributed by atoms with van der Waals surface area (Å²) in [6.07, 6.45) is 6.77. The summed E-state index contributed by atoms with van der Waals surface area (Å²) in [5.74, 6) is 2.00. The van der Waals surface area contributed by atoms with Gasteiger partial charge in [-0.15, -0.1) is 0 Å². The van der Waals surface area contributed by atoms with Crippen LogP contribution in [0.4, 0.5) is 0 Å². The molecule has 0 amide bonds. The average Bonchev–Trinajstić information content (AvgIpc) is 3.61. The summed E-state index contributed by atoms with van der Waals surface area (Å²) in [6.45, 7) is 5.96. The van der Waals surface area contributed by atoms with E-state index in [4.69, 9.17) is 18.1 Å². The zero-order chi connectivity index (χ0) is 35.2.